The predicted octanol–water partition coefficient (Wildman–Crippen LogP) is 3.69. The molecule has 0 spiro atoms. The van der Waals surface area contributed by atoms with E-state index in [-0.39, 0.29) is 11.8 Å². The molecule has 1 aromatic carbocycles. The van der Waals surface area contributed by atoms with Crippen molar-refractivity contribution in [1.82, 2.24) is 30.0 Å². The lowest BCUT2D eigenvalue weighted by atomic mass is 10.1. The summed E-state index contributed by atoms with van der Waals surface area (Å²) in [6, 6.07) is 9.50. The Morgan fingerprint density at radius 2 is 1.89 bits per heavy atom. The van der Waals surface area contributed by atoms with E-state index in [1.807, 2.05) is 36.1 Å². The minimum Gasteiger partial charge on any atom is -0.336 e. The number of piperidine rings is 1. The third-order valence-corrected chi connectivity index (χ3v) is 6.83. The van der Waals surface area contributed by atoms with Gasteiger partial charge in [-0.1, -0.05) is 12.1 Å². The van der Waals surface area contributed by atoms with Gasteiger partial charge in [-0.15, -0.1) is 0 Å². The first-order valence-electron chi connectivity index (χ1n) is 12.1. The SMILES string of the molecule is Cc1cnc(Nc2cnn(C3CCN(C)CC3)c2)nc1-c1ccc(C(=O)NC(C#N)C2CC2)cc1. The van der Waals surface area contributed by atoms with Crippen molar-refractivity contribution in [2.45, 2.75) is 44.7 Å². The van der Waals surface area contributed by atoms with E-state index >= 15 is 0 Å². The van der Waals surface area contributed by atoms with E-state index in [1.54, 1.807) is 18.3 Å². The molecule has 1 aliphatic carbocycles. The van der Waals surface area contributed by atoms with Crippen LogP contribution in [0.3, 0.4) is 0 Å². The average molecular weight is 471 g/mol. The number of likely N-dealkylation sites (tertiary alicyclic amines) is 1. The number of carbonyl (C=O) groups is 1. The molecule has 35 heavy (non-hydrogen) atoms. The maximum Gasteiger partial charge on any atom is 0.252 e. The highest BCUT2D eigenvalue weighted by Crippen LogP contribution is 2.32. The molecule has 0 radical (unpaired) electrons. The van der Waals surface area contributed by atoms with Gasteiger partial charge in [0, 0.05) is 23.5 Å². The van der Waals surface area contributed by atoms with E-state index in [0.717, 1.165) is 61.3 Å². The van der Waals surface area contributed by atoms with Gasteiger partial charge in [-0.25, -0.2) is 9.97 Å². The van der Waals surface area contributed by atoms with E-state index in [0.29, 0.717) is 17.6 Å². The summed E-state index contributed by atoms with van der Waals surface area (Å²) in [7, 11) is 2.15. The number of rotatable bonds is 7. The van der Waals surface area contributed by atoms with Crippen molar-refractivity contribution in [3.8, 4) is 17.3 Å². The van der Waals surface area contributed by atoms with Gasteiger partial charge in [-0.05, 0) is 76.4 Å². The molecule has 1 unspecified atom stereocenters. The van der Waals surface area contributed by atoms with Crippen LogP contribution in [0.4, 0.5) is 11.6 Å². The molecule has 2 fully saturated rings. The first-order valence-corrected chi connectivity index (χ1v) is 12.1. The molecule has 180 valence electrons. The molecule has 2 aliphatic rings. The molecular weight excluding hydrogens is 440 g/mol. The van der Waals surface area contributed by atoms with Crippen LogP contribution in [0.25, 0.3) is 11.3 Å². The lowest BCUT2D eigenvalue weighted by Gasteiger charge is -2.28. The van der Waals surface area contributed by atoms with Gasteiger partial charge in [0.2, 0.25) is 5.95 Å². The Labute approximate surface area is 205 Å². The fourth-order valence-electron chi connectivity index (χ4n) is 4.47. The summed E-state index contributed by atoms with van der Waals surface area (Å²) in [6.07, 6.45) is 9.80. The fraction of sp³-hybridized carbons (Fsp3) is 0.423. The highest BCUT2D eigenvalue weighted by atomic mass is 16.1. The number of carbonyl (C=O) groups excluding carboxylic acids is 1. The summed E-state index contributed by atoms with van der Waals surface area (Å²) in [5.74, 6) is 0.560. The molecule has 1 amide bonds. The van der Waals surface area contributed by atoms with Gasteiger partial charge in [0.1, 0.15) is 6.04 Å². The Morgan fingerprint density at radius 1 is 1.14 bits per heavy atom. The highest BCUT2D eigenvalue weighted by Gasteiger charge is 2.32. The van der Waals surface area contributed by atoms with Crippen LogP contribution in [0.15, 0.2) is 42.9 Å². The van der Waals surface area contributed by atoms with Crippen LogP contribution in [0.1, 0.15) is 47.6 Å². The number of nitrogens with zero attached hydrogens (tertiary/aromatic N) is 6. The molecule has 9 heteroatoms. The standard InChI is InChI=1S/C26H30N8O/c1-17-14-28-26(30-21-15-29-34(16-21)22-9-11-33(2)12-10-22)32-24(17)19-5-7-20(8-6-19)25(35)31-23(13-27)18-3-4-18/h5-8,14-16,18,22-23H,3-4,9-12H2,1-2H3,(H,31,35)(H,28,30,32). The van der Waals surface area contributed by atoms with E-state index in [1.165, 1.54) is 0 Å². The zero-order valence-electron chi connectivity index (χ0n) is 20.1. The third-order valence-electron chi connectivity index (χ3n) is 6.83. The molecule has 9 nitrogen and oxygen atoms in total. The number of aromatic nitrogens is 4. The number of anilines is 2. The summed E-state index contributed by atoms with van der Waals surface area (Å²) in [5.41, 5.74) is 4.01. The minimum absolute atomic E-state index is 0.224. The normalized spacial score (nSPS) is 17.5. The van der Waals surface area contributed by atoms with Crippen LogP contribution in [0.5, 0.6) is 0 Å². The van der Waals surface area contributed by atoms with Crippen molar-refractivity contribution in [3.05, 3.63) is 54.0 Å². The number of nitrogens with one attached hydrogen (secondary N) is 2. The van der Waals surface area contributed by atoms with Gasteiger partial charge in [-0.2, -0.15) is 10.4 Å². The molecule has 1 aliphatic heterocycles. The Hall–Kier alpha value is -3.77. The van der Waals surface area contributed by atoms with Gasteiger partial charge >= 0.3 is 0 Å². The topological polar surface area (TPSA) is 112 Å². The van der Waals surface area contributed by atoms with Gasteiger partial charge in [0.25, 0.3) is 5.91 Å². The van der Waals surface area contributed by atoms with Crippen molar-refractivity contribution >= 4 is 17.5 Å². The quantitative estimate of drug-likeness (QED) is 0.542. The second-order valence-corrected chi connectivity index (χ2v) is 9.59. The summed E-state index contributed by atoms with van der Waals surface area (Å²) in [6.45, 7) is 4.13. The van der Waals surface area contributed by atoms with Crippen molar-refractivity contribution in [2.75, 3.05) is 25.5 Å². The predicted molar refractivity (Wildman–Crippen MR) is 133 cm³/mol. The van der Waals surface area contributed by atoms with Crippen molar-refractivity contribution in [1.29, 1.82) is 5.26 Å². The third kappa shape index (κ3) is 5.33. The zero-order valence-corrected chi connectivity index (χ0v) is 20.1. The number of hydrogen-bond donors (Lipinski definition) is 2. The summed E-state index contributed by atoms with van der Waals surface area (Å²) in [5, 5.41) is 19.9. The molecule has 2 N–H and O–H groups in total. The zero-order chi connectivity index (χ0) is 24.4. The molecule has 3 heterocycles. The Bertz CT molecular complexity index is 1230. The van der Waals surface area contributed by atoms with Crippen LogP contribution in [0.2, 0.25) is 0 Å². The van der Waals surface area contributed by atoms with E-state index in [2.05, 4.69) is 38.7 Å². The molecule has 1 atom stereocenters. The molecule has 0 bridgehead atoms. The lowest BCUT2D eigenvalue weighted by molar-refractivity contribution is 0.0942. The van der Waals surface area contributed by atoms with Gasteiger partial charge in [0.15, 0.2) is 0 Å². The first kappa shape index (κ1) is 23.0. The fourth-order valence-corrected chi connectivity index (χ4v) is 4.47. The number of amides is 1. The van der Waals surface area contributed by atoms with Gasteiger partial charge in [-0.3, -0.25) is 9.48 Å². The van der Waals surface area contributed by atoms with Crippen LogP contribution in [0, 0.1) is 24.2 Å². The summed E-state index contributed by atoms with van der Waals surface area (Å²) in [4.78, 5) is 24.1. The monoisotopic (exact) mass is 470 g/mol. The maximum atomic E-state index is 12.5. The average Bonchev–Trinajstić information content (AvgIpc) is 3.62. The Balaban J connectivity index is 1.27. The minimum atomic E-state index is -0.413. The van der Waals surface area contributed by atoms with E-state index < -0.39 is 6.04 Å². The Morgan fingerprint density at radius 3 is 2.57 bits per heavy atom. The van der Waals surface area contributed by atoms with Gasteiger partial charge in [0.05, 0.1) is 29.7 Å². The Kier molecular flexibility index (Phi) is 6.47. The number of benzene rings is 1. The maximum absolute atomic E-state index is 12.5. The number of aryl methyl sites for hydroxylation is 1. The van der Waals surface area contributed by atoms with Gasteiger partial charge < -0.3 is 15.5 Å². The van der Waals surface area contributed by atoms with E-state index in [9.17, 15) is 10.1 Å². The van der Waals surface area contributed by atoms with Crippen molar-refractivity contribution in [3.63, 3.8) is 0 Å². The number of nitriles is 1. The lowest BCUT2D eigenvalue weighted by Crippen LogP contribution is -2.35. The molecule has 2 aromatic heterocycles. The number of hydrogen-bond acceptors (Lipinski definition) is 7. The van der Waals surface area contributed by atoms with Crippen LogP contribution in [-0.2, 0) is 0 Å². The largest absolute Gasteiger partial charge is 0.336 e. The summed E-state index contributed by atoms with van der Waals surface area (Å²) >= 11 is 0. The molecule has 1 saturated carbocycles. The second-order valence-electron chi connectivity index (χ2n) is 9.59. The van der Waals surface area contributed by atoms with Crippen molar-refractivity contribution < 1.29 is 4.79 Å². The first-order chi connectivity index (χ1) is 17.0. The molecular formula is C26H30N8O. The highest BCUT2D eigenvalue weighted by molar-refractivity contribution is 5.95. The van der Waals surface area contributed by atoms with Crippen molar-refractivity contribution in [2.24, 2.45) is 5.92 Å². The van der Waals surface area contributed by atoms with Crippen LogP contribution >= 0.6 is 0 Å². The van der Waals surface area contributed by atoms with Crippen LogP contribution < -0.4 is 10.6 Å². The van der Waals surface area contributed by atoms with E-state index in [4.69, 9.17) is 4.98 Å². The summed E-state index contributed by atoms with van der Waals surface area (Å²) < 4.78 is 2.04. The molecule has 5 rings (SSSR count). The second kappa shape index (κ2) is 9.84. The molecule has 1 saturated heterocycles. The molecule has 3 aromatic rings. The smallest absolute Gasteiger partial charge is 0.252 e. The van der Waals surface area contributed by atoms with Crippen LogP contribution in [-0.4, -0.2) is 56.7 Å².